The second-order valence-corrected chi connectivity index (χ2v) is 11.5. The third kappa shape index (κ3) is 10.3. The minimum absolute atomic E-state index is 0.00316. The van der Waals surface area contributed by atoms with Crippen LogP contribution >= 0.6 is 0 Å². The Labute approximate surface area is 257 Å². The second kappa shape index (κ2) is 17.5. The number of hydrogen-bond donors (Lipinski definition) is 4. The minimum atomic E-state index is -0.529. The van der Waals surface area contributed by atoms with E-state index in [0.29, 0.717) is 43.6 Å². The van der Waals surface area contributed by atoms with E-state index in [2.05, 4.69) is 70.2 Å². The molecule has 4 rings (SSSR count). The number of carbonyl (C=O) groups is 2. The van der Waals surface area contributed by atoms with Gasteiger partial charge >= 0.3 is 5.91 Å². The van der Waals surface area contributed by atoms with Crippen molar-refractivity contribution in [3.63, 3.8) is 0 Å². The number of nitrogens with one attached hydrogen (secondary N) is 3. The predicted octanol–water partition coefficient (Wildman–Crippen LogP) is 3.45. The molecule has 0 saturated carbocycles. The number of amides is 2. The summed E-state index contributed by atoms with van der Waals surface area (Å²) in [6.07, 6.45) is 17.0. The molecule has 43 heavy (non-hydrogen) atoms. The summed E-state index contributed by atoms with van der Waals surface area (Å²) < 4.78 is 0. The number of quaternary nitrogens is 1. The van der Waals surface area contributed by atoms with Gasteiger partial charge < -0.3 is 20.9 Å². The van der Waals surface area contributed by atoms with E-state index in [-0.39, 0.29) is 11.8 Å². The zero-order chi connectivity index (χ0) is 30.3. The highest BCUT2D eigenvalue weighted by molar-refractivity contribution is 5.96. The van der Waals surface area contributed by atoms with Gasteiger partial charge in [0.25, 0.3) is 5.91 Å². The molecule has 1 aliphatic heterocycles. The highest BCUT2D eigenvalue weighted by Gasteiger charge is 2.28. The maximum absolute atomic E-state index is 13.4. The van der Waals surface area contributed by atoms with Crippen LogP contribution in [0.3, 0.4) is 0 Å². The van der Waals surface area contributed by atoms with Gasteiger partial charge in [0, 0.05) is 37.2 Å². The van der Waals surface area contributed by atoms with E-state index in [4.69, 9.17) is 0 Å². The number of allylic oxidation sites excluding steroid dienone is 2. The van der Waals surface area contributed by atoms with Gasteiger partial charge in [0.05, 0.1) is 18.3 Å². The van der Waals surface area contributed by atoms with Crippen LogP contribution in [-0.4, -0.2) is 60.0 Å². The highest BCUT2D eigenvalue weighted by Crippen LogP contribution is 2.27. The molecule has 0 fully saturated rings. The van der Waals surface area contributed by atoms with Gasteiger partial charge in [0.1, 0.15) is 6.04 Å². The number of benzene rings is 1. The van der Waals surface area contributed by atoms with Crippen molar-refractivity contribution < 1.29 is 14.9 Å². The van der Waals surface area contributed by atoms with Gasteiger partial charge in [0.2, 0.25) is 0 Å². The topological polar surface area (TPSA) is 103 Å². The lowest BCUT2D eigenvalue weighted by atomic mass is 9.90. The maximum Gasteiger partial charge on any atom is 0.332 e. The number of rotatable bonds is 18. The van der Waals surface area contributed by atoms with Gasteiger partial charge in [0.15, 0.2) is 0 Å². The first-order valence-corrected chi connectivity index (χ1v) is 16.0. The molecule has 2 amide bonds. The molecule has 3 unspecified atom stereocenters. The fourth-order valence-electron chi connectivity index (χ4n) is 5.81. The van der Waals surface area contributed by atoms with Gasteiger partial charge in [-0.3, -0.25) is 15.1 Å². The van der Waals surface area contributed by atoms with Gasteiger partial charge in [-0.2, -0.15) is 0 Å². The van der Waals surface area contributed by atoms with Crippen LogP contribution in [0.2, 0.25) is 0 Å². The van der Waals surface area contributed by atoms with Crippen LogP contribution in [0.25, 0.3) is 0 Å². The molecule has 3 atom stereocenters. The van der Waals surface area contributed by atoms with E-state index >= 15 is 0 Å². The molecule has 2 heterocycles. The standard InChI is InChI=1S/C35H48N6O2/c1-3-21-41(22-4-2)23-9-13-33(35(43)38-20-18-29-25-39-32-12-6-5-11-31(29)32)40-34(42)28-16-14-27(15-17-28)24-36-26-30-10-7-8-19-37-30/h5-8,10-12,14-17,19,25,31-33,36,39H,3-4,9,13,18,20-24,26H2,1-2H3,(H,38,43)(H,40,42)/p+1. The minimum Gasteiger partial charge on any atom is -0.384 e. The Morgan fingerprint density at radius 2 is 1.79 bits per heavy atom. The van der Waals surface area contributed by atoms with E-state index in [1.165, 1.54) is 5.57 Å². The first-order valence-electron chi connectivity index (χ1n) is 16.0. The molecule has 1 aromatic heterocycles. The van der Waals surface area contributed by atoms with Crippen molar-refractivity contribution in [2.45, 2.75) is 71.1 Å². The van der Waals surface area contributed by atoms with Gasteiger partial charge in [-0.05, 0) is 86.9 Å². The SMILES string of the molecule is CCCN(CCC)CCCC(NC(=O)c1ccc(CNCc2ccccn2)cc1)C(=O)[NH2+]CCC1=CNC2C=CC=CC12. The van der Waals surface area contributed by atoms with Crippen molar-refractivity contribution in [1.82, 2.24) is 25.8 Å². The van der Waals surface area contributed by atoms with Crippen LogP contribution < -0.4 is 21.3 Å². The van der Waals surface area contributed by atoms with Crippen LogP contribution in [0, 0.1) is 5.92 Å². The second-order valence-electron chi connectivity index (χ2n) is 11.5. The highest BCUT2D eigenvalue weighted by atomic mass is 16.2. The molecular formula is C35H49N6O2+. The van der Waals surface area contributed by atoms with Crippen LogP contribution in [0.5, 0.6) is 0 Å². The summed E-state index contributed by atoms with van der Waals surface area (Å²) >= 11 is 0. The van der Waals surface area contributed by atoms with E-state index in [1.54, 1.807) is 11.5 Å². The Morgan fingerprint density at radius 3 is 2.53 bits per heavy atom. The molecule has 0 radical (unpaired) electrons. The smallest absolute Gasteiger partial charge is 0.332 e. The fraction of sp³-hybridized carbons (Fsp3) is 0.457. The number of fused-ring (bicyclic) bond motifs is 1. The third-order valence-electron chi connectivity index (χ3n) is 8.08. The quantitative estimate of drug-likeness (QED) is 0.214. The summed E-state index contributed by atoms with van der Waals surface area (Å²) in [7, 11) is 0. The fourth-order valence-corrected chi connectivity index (χ4v) is 5.81. The molecule has 1 aliphatic carbocycles. The molecule has 230 valence electrons. The zero-order valence-electron chi connectivity index (χ0n) is 25.8. The van der Waals surface area contributed by atoms with Crippen LogP contribution in [0.15, 0.2) is 84.7 Å². The Bertz CT molecular complexity index is 1230. The summed E-state index contributed by atoms with van der Waals surface area (Å²) in [5, 5.41) is 11.7. The molecule has 5 N–H and O–H groups in total. The van der Waals surface area contributed by atoms with Crippen molar-refractivity contribution in [3.8, 4) is 0 Å². The van der Waals surface area contributed by atoms with Crippen LogP contribution in [-0.2, 0) is 17.9 Å². The number of primary amides is 1. The monoisotopic (exact) mass is 585 g/mol. The average molecular weight is 586 g/mol. The third-order valence-corrected chi connectivity index (χ3v) is 8.08. The summed E-state index contributed by atoms with van der Waals surface area (Å²) in [5.74, 6) is 0.159. The Morgan fingerprint density at radius 1 is 1.00 bits per heavy atom. The maximum atomic E-state index is 13.4. The Kier molecular flexibility index (Phi) is 13.2. The Hall–Kier alpha value is -3.59. The van der Waals surface area contributed by atoms with E-state index < -0.39 is 6.04 Å². The number of aromatic nitrogens is 1. The molecule has 2 aliphatic rings. The van der Waals surface area contributed by atoms with E-state index in [1.807, 2.05) is 42.5 Å². The lowest BCUT2D eigenvalue weighted by Gasteiger charge is -2.22. The first kappa shape index (κ1) is 32.3. The Balaban J connectivity index is 1.30. The van der Waals surface area contributed by atoms with Crippen molar-refractivity contribution in [3.05, 3.63) is 102 Å². The average Bonchev–Trinajstić information content (AvgIpc) is 3.44. The molecular weight excluding hydrogens is 536 g/mol. The largest absolute Gasteiger partial charge is 0.384 e. The van der Waals surface area contributed by atoms with Crippen molar-refractivity contribution in [1.29, 1.82) is 0 Å². The van der Waals surface area contributed by atoms with E-state index in [0.717, 1.165) is 56.6 Å². The molecule has 1 aromatic carbocycles. The van der Waals surface area contributed by atoms with Crippen LogP contribution in [0.1, 0.15) is 67.6 Å². The van der Waals surface area contributed by atoms with Crippen molar-refractivity contribution in [2.75, 3.05) is 26.2 Å². The lowest BCUT2D eigenvalue weighted by Crippen LogP contribution is -2.91. The van der Waals surface area contributed by atoms with Crippen molar-refractivity contribution >= 4 is 11.8 Å². The summed E-state index contributed by atoms with van der Waals surface area (Å²) in [6.45, 7) is 9.47. The number of hydrogen-bond acceptors (Lipinski definition) is 6. The summed E-state index contributed by atoms with van der Waals surface area (Å²) in [6, 6.07) is 13.3. The predicted molar refractivity (Wildman–Crippen MR) is 172 cm³/mol. The molecule has 2 aromatic rings. The number of carbonyl (C=O) groups excluding carboxylic acids is 2. The molecule has 0 saturated heterocycles. The number of nitrogens with two attached hydrogens (primary N) is 1. The summed E-state index contributed by atoms with van der Waals surface area (Å²) in [4.78, 5) is 33.5. The molecule has 0 bridgehead atoms. The summed E-state index contributed by atoms with van der Waals surface area (Å²) in [5.41, 5.74) is 3.96. The number of pyridine rings is 1. The molecule has 8 nitrogen and oxygen atoms in total. The first-order chi connectivity index (χ1) is 21.1. The van der Waals surface area contributed by atoms with Gasteiger partial charge in [-0.15, -0.1) is 0 Å². The van der Waals surface area contributed by atoms with E-state index in [9.17, 15) is 9.59 Å². The van der Waals surface area contributed by atoms with Gasteiger partial charge in [-0.1, -0.05) is 56.4 Å². The van der Waals surface area contributed by atoms with Gasteiger partial charge in [-0.25, -0.2) is 4.79 Å². The normalized spacial score (nSPS) is 17.8. The zero-order valence-corrected chi connectivity index (χ0v) is 25.8. The molecule has 0 spiro atoms. The lowest BCUT2D eigenvalue weighted by molar-refractivity contribution is -0.569. The van der Waals surface area contributed by atoms with Crippen LogP contribution in [0.4, 0.5) is 0 Å². The molecule has 8 heteroatoms. The van der Waals surface area contributed by atoms with Crippen molar-refractivity contribution in [2.24, 2.45) is 5.92 Å². The number of nitrogens with zero attached hydrogens (tertiary/aromatic N) is 2.